The largest absolute Gasteiger partial charge is 0.377 e. The minimum Gasteiger partial charge on any atom is -0.377 e. The Balaban J connectivity index is 2.39. The van der Waals surface area contributed by atoms with Crippen LogP contribution in [-0.4, -0.2) is 42.0 Å². The highest BCUT2D eigenvalue weighted by Gasteiger charge is 2.26. The maximum absolute atomic E-state index is 5.52. The molecular formula is C15H25N3OS. The lowest BCUT2D eigenvalue weighted by molar-refractivity contribution is 0.0985. The quantitative estimate of drug-likeness (QED) is 0.854. The molecule has 1 saturated heterocycles. The lowest BCUT2D eigenvalue weighted by Crippen LogP contribution is -2.44. The van der Waals surface area contributed by atoms with Gasteiger partial charge in [0.1, 0.15) is 11.6 Å². The molecule has 1 aliphatic rings. The van der Waals surface area contributed by atoms with Crippen LogP contribution >= 0.6 is 11.8 Å². The van der Waals surface area contributed by atoms with Crippen LogP contribution in [0.15, 0.2) is 6.07 Å². The van der Waals surface area contributed by atoms with E-state index >= 15 is 0 Å². The molecule has 20 heavy (non-hydrogen) atoms. The van der Waals surface area contributed by atoms with E-state index in [4.69, 9.17) is 14.7 Å². The molecule has 1 unspecified atom stereocenters. The third-order valence-corrected chi connectivity index (χ3v) is 5.09. The first-order chi connectivity index (χ1) is 9.47. The topological polar surface area (TPSA) is 38.2 Å². The van der Waals surface area contributed by atoms with Gasteiger partial charge >= 0.3 is 0 Å². The van der Waals surface area contributed by atoms with Crippen molar-refractivity contribution in [3.05, 3.63) is 17.6 Å². The Morgan fingerprint density at radius 3 is 2.80 bits per heavy atom. The molecule has 2 heterocycles. The summed E-state index contributed by atoms with van der Waals surface area (Å²) in [5.41, 5.74) is 1.12. The summed E-state index contributed by atoms with van der Waals surface area (Å²) in [7, 11) is 0. The number of hydrogen-bond donors (Lipinski definition) is 0. The van der Waals surface area contributed by atoms with Crippen molar-refractivity contribution in [3.8, 4) is 0 Å². The first-order valence-electron chi connectivity index (χ1n) is 7.26. The molecule has 0 spiro atoms. The number of ether oxygens (including phenoxy) is 1. The molecule has 5 heteroatoms. The van der Waals surface area contributed by atoms with Crippen molar-refractivity contribution in [2.45, 2.75) is 44.9 Å². The Morgan fingerprint density at radius 1 is 1.45 bits per heavy atom. The molecule has 0 saturated carbocycles. The van der Waals surface area contributed by atoms with Crippen molar-refractivity contribution < 1.29 is 4.74 Å². The summed E-state index contributed by atoms with van der Waals surface area (Å²) in [6.45, 7) is 11.2. The van der Waals surface area contributed by atoms with E-state index in [0.717, 1.165) is 43.5 Å². The molecular weight excluding hydrogens is 270 g/mol. The summed E-state index contributed by atoms with van der Waals surface area (Å²) in [5.74, 6) is 1.98. The van der Waals surface area contributed by atoms with E-state index in [1.165, 1.54) is 0 Å². The third-order valence-electron chi connectivity index (χ3n) is 3.86. The fourth-order valence-electron chi connectivity index (χ4n) is 2.27. The summed E-state index contributed by atoms with van der Waals surface area (Å²) in [6.07, 6.45) is 2.99. The van der Waals surface area contributed by atoms with E-state index in [9.17, 15) is 0 Å². The molecule has 2 rings (SSSR count). The number of hydrogen-bond acceptors (Lipinski definition) is 5. The van der Waals surface area contributed by atoms with Crippen molar-refractivity contribution in [1.82, 2.24) is 9.97 Å². The molecule has 4 nitrogen and oxygen atoms in total. The molecule has 1 aromatic heterocycles. The van der Waals surface area contributed by atoms with Crippen LogP contribution in [0.25, 0.3) is 0 Å². The molecule has 1 atom stereocenters. The maximum Gasteiger partial charge on any atom is 0.132 e. The summed E-state index contributed by atoms with van der Waals surface area (Å²) in [5, 5.41) is 0. The van der Waals surface area contributed by atoms with Crippen LogP contribution in [0.5, 0.6) is 0 Å². The number of aromatic nitrogens is 2. The van der Waals surface area contributed by atoms with Crippen molar-refractivity contribution in [3.63, 3.8) is 0 Å². The number of nitrogens with zero attached hydrogens (tertiary/aromatic N) is 3. The fraction of sp³-hybridized carbons (Fsp3) is 0.733. The van der Waals surface area contributed by atoms with E-state index in [1.54, 1.807) is 0 Å². The molecule has 1 fully saturated rings. The van der Waals surface area contributed by atoms with Gasteiger partial charge in [-0.25, -0.2) is 9.97 Å². The second-order valence-corrected chi connectivity index (χ2v) is 7.14. The predicted molar refractivity (Wildman–Crippen MR) is 85.6 cm³/mol. The van der Waals surface area contributed by atoms with Gasteiger partial charge < -0.3 is 9.64 Å². The lowest BCUT2D eigenvalue weighted by atomic mass is 10.1. The number of aryl methyl sites for hydroxylation is 1. The minimum atomic E-state index is 0.0110. The average molecular weight is 295 g/mol. The van der Waals surface area contributed by atoms with Gasteiger partial charge in [-0.3, -0.25) is 0 Å². The van der Waals surface area contributed by atoms with Gasteiger partial charge in [-0.2, -0.15) is 11.8 Å². The van der Waals surface area contributed by atoms with Crippen molar-refractivity contribution in [2.24, 2.45) is 0 Å². The summed E-state index contributed by atoms with van der Waals surface area (Å²) in [4.78, 5) is 11.8. The van der Waals surface area contributed by atoms with Crippen molar-refractivity contribution >= 4 is 17.6 Å². The predicted octanol–water partition coefficient (Wildman–Crippen LogP) is 2.86. The maximum atomic E-state index is 5.52. The van der Waals surface area contributed by atoms with E-state index in [1.807, 2.05) is 11.8 Å². The summed E-state index contributed by atoms with van der Waals surface area (Å²) < 4.78 is 5.53. The van der Waals surface area contributed by atoms with Gasteiger partial charge in [0.25, 0.3) is 0 Å². The molecule has 1 aromatic rings. The molecule has 112 valence electrons. The van der Waals surface area contributed by atoms with Crippen LogP contribution in [0, 0.1) is 0 Å². The zero-order chi connectivity index (χ0) is 14.8. The van der Waals surface area contributed by atoms with Crippen LogP contribution in [0.3, 0.4) is 0 Å². The van der Waals surface area contributed by atoms with Gasteiger partial charge in [0.05, 0.1) is 29.7 Å². The first kappa shape index (κ1) is 15.6. The molecule has 0 N–H and O–H groups in total. The average Bonchev–Trinajstić information content (AvgIpc) is 2.47. The van der Waals surface area contributed by atoms with Gasteiger partial charge in [0, 0.05) is 19.0 Å². The Morgan fingerprint density at radius 2 is 2.20 bits per heavy atom. The Labute approximate surface area is 126 Å². The zero-order valence-corrected chi connectivity index (χ0v) is 14.0. The minimum absolute atomic E-state index is 0.0110. The lowest BCUT2D eigenvalue weighted by Gasteiger charge is -2.35. The molecule has 0 aliphatic carbocycles. The number of anilines is 1. The van der Waals surface area contributed by atoms with Gasteiger partial charge in [-0.1, -0.05) is 6.92 Å². The molecule has 0 amide bonds. The monoisotopic (exact) mass is 295 g/mol. The Kier molecular flexibility index (Phi) is 4.91. The van der Waals surface area contributed by atoms with Gasteiger partial charge in [0.15, 0.2) is 0 Å². The van der Waals surface area contributed by atoms with Crippen LogP contribution < -0.4 is 4.90 Å². The van der Waals surface area contributed by atoms with Gasteiger partial charge in [-0.15, -0.1) is 0 Å². The van der Waals surface area contributed by atoms with E-state index < -0.39 is 0 Å². The molecule has 0 bridgehead atoms. The standard InChI is InChI=1S/C15H25N3OS/c1-6-13-16-12(15(3,4)20-5)9-14(17-13)18-7-8-19-10-11(18)2/h9,11H,6-8,10H2,1-5H3. The van der Waals surface area contributed by atoms with E-state index in [-0.39, 0.29) is 4.75 Å². The van der Waals surface area contributed by atoms with E-state index in [0.29, 0.717) is 6.04 Å². The number of thioether (sulfide) groups is 1. The Bertz CT molecular complexity index is 464. The second-order valence-electron chi connectivity index (χ2n) is 5.71. The van der Waals surface area contributed by atoms with Crippen LogP contribution in [0.2, 0.25) is 0 Å². The Hall–Kier alpha value is -0.810. The van der Waals surface area contributed by atoms with Crippen LogP contribution in [-0.2, 0) is 15.9 Å². The summed E-state index contributed by atoms with van der Waals surface area (Å²) in [6, 6.07) is 2.52. The van der Waals surface area contributed by atoms with E-state index in [2.05, 4.69) is 44.9 Å². The highest BCUT2D eigenvalue weighted by Crippen LogP contribution is 2.34. The second kappa shape index (κ2) is 6.31. The zero-order valence-electron chi connectivity index (χ0n) is 13.1. The third kappa shape index (κ3) is 3.26. The highest BCUT2D eigenvalue weighted by molar-refractivity contribution is 7.99. The highest BCUT2D eigenvalue weighted by atomic mass is 32.2. The van der Waals surface area contributed by atoms with Crippen molar-refractivity contribution in [2.75, 3.05) is 30.9 Å². The summed E-state index contributed by atoms with van der Waals surface area (Å²) >= 11 is 1.82. The van der Waals surface area contributed by atoms with Crippen molar-refractivity contribution in [1.29, 1.82) is 0 Å². The molecule has 0 radical (unpaired) electrons. The molecule has 0 aromatic carbocycles. The SMILES string of the molecule is CCc1nc(N2CCOCC2C)cc(C(C)(C)SC)n1. The van der Waals surface area contributed by atoms with Crippen LogP contribution in [0.1, 0.15) is 39.2 Å². The van der Waals surface area contributed by atoms with Gasteiger partial charge in [-0.05, 0) is 27.0 Å². The fourth-order valence-corrected chi connectivity index (χ4v) is 2.58. The number of rotatable bonds is 4. The molecule has 1 aliphatic heterocycles. The normalized spacial score (nSPS) is 20.2. The smallest absolute Gasteiger partial charge is 0.132 e. The first-order valence-corrected chi connectivity index (χ1v) is 8.48. The van der Waals surface area contributed by atoms with Crippen LogP contribution in [0.4, 0.5) is 5.82 Å². The number of morpholine rings is 1. The van der Waals surface area contributed by atoms with Gasteiger partial charge in [0.2, 0.25) is 0 Å².